The SMILES string of the molecule is Cc1cccc(CN=[N+]=[N-])c1O. The number of azide groups is 1. The summed E-state index contributed by atoms with van der Waals surface area (Å²) >= 11 is 0. The second-order valence-corrected chi connectivity index (χ2v) is 2.47. The van der Waals surface area contributed by atoms with Crippen LogP contribution in [-0.2, 0) is 6.54 Å². The van der Waals surface area contributed by atoms with E-state index in [2.05, 4.69) is 10.0 Å². The molecule has 0 saturated heterocycles. The van der Waals surface area contributed by atoms with Crippen LogP contribution in [0.25, 0.3) is 10.4 Å². The summed E-state index contributed by atoms with van der Waals surface area (Å²) in [5, 5.41) is 12.8. The van der Waals surface area contributed by atoms with Gasteiger partial charge in [0, 0.05) is 4.91 Å². The number of para-hydroxylation sites is 1. The third-order valence-corrected chi connectivity index (χ3v) is 1.63. The van der Waals surface area contributed by atoms with Gasteiger partial charge in [0.15, 0.2) is 0 Å². The maximum absolute atomic E-state index is 9.44. The Morgan fingerprint density at radius 3 is 3.00 bits per heavy atom. The van der Waals surface area contributed by atoms with Crippen molar-refractivity contribution >= 4 is 0 Å². The Morgan fingerprint density at radius 1 is 1.58 bits per heavy atom. The molecule has 0 radical (unpaired) electrons. The van der Waals surface area contributed by atoms with Crippen LogP contribution in [0.4, 0.5) is 0 Å². The molecule has 1 N–H and O–H groups in total. The lowest BCUT2D eigenvalue weighted by Crippen LogP contribution is -1.83. The second-order valence-electron chi connectivity index (χ2n) is 2.47. The van der Waals surface area contributed by atoms with Crippen molar-refractivity contribution in [1.82, 2.24) is 0 Å². The van der Waals surface area contributed by atoms with Crippen LogP contribution in [0.2, 0.25) is 0 Å². The highest BCUT2D eigenvalue weighted by atomic mass is 16.3. The van der Waals surface area contributed by atoms with Crippen molar-refractivity contribution in [3.05, 3.63) is 39.8 Å². The molecular formula is C8H9N3O. The minimum Gasteiger partial charge on any atom is -0.507 e. The lowest BCUT2D eigenvalue weighted by Gasteiger charge is -2.02. The summed E-state index contributed by atoms with van der Waals surface area (Å²) in [7, 11) is 0. The molecule has 0 saturated carbocycles. The summed E-state index contributed by atoms with van der Waals surface area (Å²) in [5.74, 6) is 0.213. The van der Waals surface area contributed by atoms with Crippen LogP contribution in [0.3, 0.4) is 0 Å². The number of phenols is 1. The molecule has 4 nitrogen and oxygen atoms in total. The summed E-state index contributed by atoms with van der Waals surface area (Å²) in [6.45, 7) is 2.00. The van der Waals surface area contributed by atoms with Gasteiger partial charge in [0.2, 0.25) is 0 Å². The van der Waals surface area contributed by atoms with Gasteiger partial charge in [0.05, 0.1) is 6.54 Å². The molecule has 0 fully saturated rings. The van der Waals surface area contributed by atoms with E-state index in [9.17, 15) is 5.11 Å². The van der Waals surface area contributed by atoms with Gasteiger partial charge in [-0.3, -0.25) is 0 Å². The number of benzene rings is 1. The topological polar surface area (TPSA) is 69.0 Å². The highest BCUT2D eigenvalue weighted by Gasteiger charge is 2.00. The number of rotatable bonds is 2. The lowest BCUT2D eigenvalue weighted by molar-refractivity contribution is 0.464. The van der Waals surface area contributed by atoms with Crippen molar-refractivity contribution in [2.45, 2.75) is 13.5 Å². The second kappa shape index (κ2) is 3.64. The predicted molar refractivity (Wildman–Crippen MR) is 45.7 cm³/mol. The average Bonchev–Trinajstić information content (AvgIpc) is 2.08. The van der Waals surface area contributed by atoms with E-state index in [0.717, 1.165) is 5.56 Å². The molecule has 0 aliphatic heterocycles. The molecule has 0 unspecified atom stereocenters. The first-order chi connectivity index (χ1) is 5.75. The molecule has 0 aliphatic rings. The first kappa shape index (κ1) is 8.43. The lowest BCUT2D eigenvalue weighted by atomic mass is 10.1. The smallest absolute Gasteiger partial charge is 0.121 e. The van der Waals surface area contributed by atoms with E-state index in [4.69, 9.17) is 5.53 Å². The standard InChI is InChI=1S/C8H9N3O/c1-6-3-2-4-7(8(6)12)5-10-11-9/h2-4,12H,5H2,1H3. The summed E-state index contributed by atoms with van der Waals surface area (Å²) < 4.78 is 0. The molecule has 0 atom stereocenters. The number of nitrogens with zero attached hydrogens (tertiary/aromatic N) is 3. The molecule has 0 aromatic heterocycles. The van der Waals surface area contributed by atoms with Gasteiger partial charge in [-0.25, -0.2) is 0 Å². The molecule has 0 aliphatic carbocycles. The fourth-order valence-corrected chi connectivity index (χ4v) is 0.955. The molecule has 1 aromatic carbocycles. The van der Waals surface area contributed by atoms with Crippen molar-refractivity contribution in [2.24, 2.45) is 5.11 Å². The van der Waals surface area contributed by atoms with Crippen LogP contribution in [0.15, 0.2) is 23.3 Å². The zero-order valence-corrected chi connectivity index (χ0v) is 6.73. The van der Waals surface area contributed by atoms with E-state index in [-0.39, 0.29) is 12.3 Å². The third kappa shape index (κ3) is 1.68. The molecule has 0 bridgehead atoms. The first-order valence-electron chi connectivity index (χ1n) is 3.54. The third-order valence-electron chi connectivity index (χ3n) is 1.63. The van der Waals surface area contributed by atoms with E-state index >= 15 is 0 Å². The summed E-state index contributed by atoms with van der Waals surface area (Å²) in [5.41, 5.74) is 9.52. The Bertz CT molecular complexity index is 329. The van der Waals surface area contributed by atoms with Crippen molar-refractivity contribution in [3.63, 3.8) is 0 Å². The molecule has 12 heavy (non-hydrogen) atoms. The number of phenolic OH excluding ortho intramolecular Hbond substituents is 1. The van der Waals surface area contributed by atoms with Crippen LogP contribution in [0.1, 0.15) is 11.1 Å². The molecule has 1 aromatic rings. The Hall–Kier alpha value is -1.67. The Morgan fingerprint density at radius 2 is 2.33 bits per heavy atom. The molecule has 0 amide bonds. The van der Waals surface area contributed by atoms with Crippen LogP contribution < -0.4 is 0 Å². The molecule has 62 valence electrons. The zero-order valence-electron chi connectivity index (χ0n) is 6.73. The van der Waals surface area contributed by atoms with E-state index in [1.165, 1.54) is 0 Å². The first-order valence-corrected chi connectivity index (χ1v) is 3.54. The van der Waals surface area contributed by atoms with E-state index in [1.807, 2.05) is 6.07 Å². The molecule has 0 heterocycles. The minimum atomic E-state index is 0.198. The van der Waals surface area contributed by atoms with Gasteiger partial charge in [-0.05, 0) is 23.6 Å². The van der Waals surface area contributed by atoms with E-state index < -0.39 is 0 Å². The van der Waals surface area contributed by atoms with Crippen molar-refractivity contribution in [3.8, 4) is 5.75 Å². The summed E-state index contributed by atoms with van der Waals surface area (Å²) in [4.78, 5) is 2.62. The summed E-state index contributed by atoms with van der Waals surface area (Å²) in [6, 6.07) is 5.35. The number of aryl methyl sites for hydroxylation is 1. The van der Waals surface area contributed by atoms with Crippen LogP contribution >= 0.6 is 0 Å². The molecule has 1 rings (SSSR count). The Kier molecular flexibility index (Phi) is 2.56. The fourth-order valence-electron chi connectivity index (χ4n) is 0.955. The van der Waals surface area contributed by atoms with Gasteiger partial charge in [-0.1, -0.05) is 23.3 Å². The highest BCUT2D eigenvalue weighted by Crippen LogP contribution is 2.21. The molecular weight excluding hydrogens is 154 g/mol. The van der Waals surface area contributed by atoms with Gasteiger partial charge in [0.25, 0.3) is 0 Å². The number of hydrogen-bond acceptors (Lipinski definition) is 2. The van der Waals surface area contributed by atoms with Crippen molar-refractivity contribution in [1.29, 1.82) is 0 Å². The van der Waals surface area contributed by atoms with E-state index in [1.54, 1.807) is 19.1 Å². The quantitative estimate of drug-likeness (QED) is 0.406. The van der Waals surface area contributed by atoms with Gasteiger partial charge in [-0.15, -0.1) is 0 Å². The van der Waals surface area contributed by atoms with Crippen LogP contribution in [0, 0.1) is 6.92 Å². The van der Waals surface area contributed by atoms with E-state index in [0.29, 0.717) is 5.56 Å². The predicted octanol–water partition coefficient (Wildman–Crippen LogP) is 2.51. The average molecular weight is 163 g/mol. The van der Waals surface area contributed by atoms with Gasteiger partial charge in [-0.2, -0.15) is 0 Å². The van der Waals surface area contributed by atoms with Crippen molar-refractivity contribution < 1.29 is 5.11 Å². The number of aromatic hydroxyl groups is 1. The highest BCUT2D eigenvalue weighted by molar-refractivity contribution is 5.39. The van der Waals surface area contributed by atoms with Crippen LogP contribution in [0.5, 0.6) is 5.75 Å². The fraction of sp³-hybridized carbons (Fsp3) is 0.250. The number of hydrogen-bond donors (Lipinski definition) is 1. The molecule has 0 spiro atoms. The van der Waals surface area contributed by atoms with Gasteiger partial charge in [0.1, 0.15) is 5.75 Å². The van der Waals surface area contributed by atoms with Crippen LogP contribution in [-0.4, -0.2) is 5.11 Å². The van der Waals surface area contributed by atoms with Crippen molar-refractivity contribution in [2.75, 3.05) is 0 Å². The van der Waals surface area contributed by atoms with Gasteiger partial charge < -0.3 is 5.11 Å². The largest absolute Gasteiger partial charge is 0.507 e. The molecule has 4 heteroatoms. The summed E-state index contributed by atoms with van der Waals surface area (Å²) in [6.07, 6.45) is 0. The Balaban J connectivity index is 2.99. The minimum absolute atomic E-state index is 0.198. The van der Waals surface area contributed by atoms with Gasteiger partial charge >= 0.3 is 0 Å². The monoisotopic (exact) mass is 163 g/mol. The maximum Gasteiger partial charge on any atom is 0.121 e. The normalized spacial score (nSPS) is 9.08. The maximum atomic E-state index is 9.44. The Labute approximate surface area is 70.1 Å². The zero-order chi connectivity index (χ0) is 8.97.